The number of fused-ring (bicyclic) bond motifs is 3. The second kappa shape index (κ2) is 9.42. The number of carboxylic acids is 1. The van der Waals surface area contributed by atoms with E-state index >= 15 is 0 Å². The van der Waals surface area contributed by atoms with Crippen molar-refractivity contribution in [2.75, 3.05) is 19.7 Å². The third-order valence-corrected chi connectivity index (χ3v) is 6.29. The monoisotopic (exact) mass is 436 g/mol. The van der Waals surface area contributed by atoms with Crippen molar-refractivity contribution in [1.82, 2.24) is 10.2 Å². The first-order valence-corrected chi connectivity index (χ1v) is 11.0. The van der Waals surface area contributed by atoms with E-state index in [2.05, 4.69) is 29.6 Å². The summed E-state index contributed by atoms with van der Waals surface area (Å²) < 4.78 is 5.54. The third kappa shape index (κ3) is 4.77. The number of ether oxygens (including phenoxy) is 1. The van der Waals surface area contributed by atoms with Gasteiger partial charge in [-0.05, 0) is 41.5 Å². The molecule has 32 heavy (non-hydrogen) atoms. The molecule has 2 unspecified atom stereocenters. The fourth-order valence-electron chi connectivity index (χ4n) is 4.76. The summed E-state index contributed by atoms with van der Waals surface area (Å²) in [5, 5.41) is 11.7. The van der Waals surface area contributed by atoms with Crippen LogP contribution in [0.4, 0.5) is 4.79 Å². The molecule has 2 N–H and O–H groups in total. The Morgan fingerprint density at radius 2 is 1.72 bits per heavy atom. The average molecular weight is 437 g/mol. The molecule has 0 bridgehead atoms. The number of hydrogen-bond acceptors (Lipinski definition) is 4. The first-order valence-electron chi connectivity index (χ1n) is 11.0. The van der Waals surface area contributed by atoms with E-state index in [-0.39, 0.29) is 43.2 Å². The van der Waals surface area contributed by atoms with Gasteiger partial charge in [0, 0.05) is 37.9 Å². The first-order chi connectivity index (χ1) is 15.4. The summed E-state index contributed by atoms with van der Waals surface area (Å²) in [6.45, 7) is 3.02. The summed E-state index contributed by atoms with van der Waals surface area (Å²) >= 11 is 0. The number of nitrogens with one attached hydrogen (secondary N) is 1. The SMILES string of the molecule is CC(CC(=O)N1CCC(CC(=O)O)C1)NC(=O)OCC1c2ccccc2-c2ccccc21. The van der Waals surface area contributed by atoms with Crippen molar-refractivity contribution in [1.29, 1.82) is 0 Å². The quantitative estimate of drug-likeness (QED) is 0.691. The number of rotatable bonds is 7. The van der Waals surface area contributed by atoms with E-state index in [1.807, 2.05) is 24.3 Å². The minimum absolute atomic E-state index is 0.00171. The molecule has 1 aliphatic carbocycles. The number of carbonyl (C=O) groups excluding carboxylic acids is 2. The Hall–Kier alpha value is -3.35. The van der Waals surface area contributed by atoms with Gasteiger partial charge in [0.2, 0.25) is 5.91 Å². The van der Waals surface area contributed by atoms with Crippen LogP contribution < -0.4 is 5.32 Å². The van der Waals surface area contributed by atoms with Crippen LogP contribution in [0.5, 0.6) is 0 Å². The number of benzene rings is 2. The summed E-state index contributed by atoms with van der Waals surface area (Å²) in [6, 6.07) is 15.9. The number of nitrogens with zero attached hydrogens (tertiary/aromatic N) is 1. The molecule has 1 saturated heterocycles. The zero-order valence-corrected chi connectivity index (χ0v) is 18.1. The first kappa shape index (κ1) is 21.9. The van der Waals surface area contributed by atoms with Crippen LogP contribution in [0.1, 0.15) is 43.2 Å². The lowest BCUT2D eigenvalue weighted by Crippen LogP contribution is -2.39. The van der Waals surface area contributed by atoms with Crippen LogP contribution in [0.25, 0.3) is 11.1 Å². The smallest absolute Gasteiger partial charge is 0.407 e. The van der Waals surface area contributed by atoms with E-state index in [1.54, 1.807) is 11.8 Å². The molecule has 7 nitrogen and oxygen atoms in total. The Morgan fingerprint density at radius 3 is 2.34 bits per heavy atom. The maximum absolute atomic E-state index is 12.5. The molecule has 1 aliphatic heterocycles. The predicted molar refractivity (Wildman–Crippen MR) is 119 cm³/mol. The van der Waals surface area contributed by atoms with Gasteiger partial charge in [-0.3, -0.25) is 9.59 Å². The topological polar surface area (TPSA) is 95.9 Å². The fourth-order valence-corrected chi connectivity index (χ4v) is 4.76. The van der Waals surface area contributed by atoms with Crippen molar-refractivity contribution in [2.24, 2.45) is 5.92 Å². The molecule has 2 aliphatic rings. The average Bonchev–Trinajstić information content (AvgIpc) is 3.34. The zero-order chi connectivity index (χ0) is 22.7. The highest BCUT2D eigenvalue weighted by Gasteiger charge is 2.30. The van der Waals surface area contributed by atoms with Crippen molar-refractivity contribution < 1.29 is 24.2 Å². The zero-order valence-electron chi connectivity index (χ0n) is 18.1. The van der Waals surface area contributed by atoms with Crippen LogP contribution in [0.2, 0.25) is 0 Å². The highest BCUT2D eigenvalue weighted by Crippen LogP contribution is 2.44. The van der Waals surface area contributed by atoms with Crippen LogP contribution >= 0.6 is 0 Å². The second-order valence-electron chi connectivity index (χ2n) is 8.67. The Labute approximate surface area is 187 Å². The molecule has 2 aromatic rings. The lowest BCUT2D eigenvalue weighted by Gasteiger charge is -2.20. The summed E-state index contributed by atoms with van der Waals surface area (Å²) in [5.74, 6) is -0.929. The molecule has 1 heterocycles. The maximum atomic E-state index is 12.5. The highest BCUT2D eigenvalue weighted by molar-refractivity contribution is 5.80. The Bertz CT molecular complexity index is 975. The van der Waals surface area contributed by atoms with Crippen molar-refractivity contribution in [3.05, 3.63) is 59.7 Å². The summed E-state index contributed by atoms with van der Waals surface area (Å²) in [5.41, 5.74) is 4.63. The van der Waals surface area contributed by atoms with E-state index in [9.17, 15) is 14.4 Å². The predicted octanol–water partition coefficient (Wildman–Crippen LogP) is 3.63. The van der Waals surface area contributed by atoms with Gasteiger partial charge in [0.05, 0.1) is 0 Å². The molecule has 0 aromatic heterocycles. The lowest BCUT2D eigenvalue weighted by atomic mass is 9.98. The van der Waals surface area contributed by atoms with Gasteiger partial charge in [0.1, 0.15) is 6.61 Å². The number of hydrogen-bond donors (Lipinski definition) is 2. The molecule has 7 heteroatoms. The van der Waals surface area contributed by atoms with E-state index in [0.717, 1.165) is 11.1 Å². The molecular weight excluding hydrogens is 408 g/mol. The van der Waals surface area contributed by atoms with Gasteiger partial charge in [0.25, 0.3) is 0 Å². The van der Waals surface area contributed by atoms with Crippen molar-refractivity contribution >= 4 is 18.0 Å². The van der Waals surface area contributed by atoms with Gasteiger partial charge < -0.3 is 20.1 Å². The Kier molecular flexibility index (Phi) is 6.44. The van der Waals surface area contributed by atoms with Gasteiger partial charge in [0.15, 0.2) is 0 Å². The van der Waals surface area contributed by atoms with E-state index in [0.29, 0.717) is 19.5 Å². The normalized spacial score (nSPS) is 18.0. The lowest BCUT2D eigenvalue weighted by molar-refractivity contribution is -0.138. The fraction of sp³-hybridized carbons (Fsp3) is 0.400. The number of carboxylic acid groups (broad SMARTS) is 1. The molecule has 0 saturated carbocycles. The summed E-state index contributed by atoms with van der Waals surface area (Å²) in [4.78, 5) is 37.4. The molecule has 2 aromatic carbocycles. The maximum Gasteiger partial charge on any atom is 0.407 e. The van der Waals surface area contributed by atoms with Gasteiger partial charge in [-0.25, -0.2) is 4.79 Å². The van der Waals surface area contributed by atoms with E-state index < -0.39 is 12.1 Å². The van der Waals surface area contributed by atoms with Gasteiger partial charge in [-0.1, -0.05) is 48.5 Å². The Morgan fingerprint density at radius 1 is 1.09 bits per heavy atom. The molecule has 1 fully saturated rings. The van der Waals surface area contributed by atoms with Gasteiger partial charge >= 0.3 is 12.1 Å². The molecule has 0 radical (unpaired) electrons. The number of aliphatic carboxylic acids is 1. The van der Waals surface area contributed by atoms with Crippen LogP contribution in [-0.2, 0) is 14.3 Å². The molecule has 168 valence electrons. The number of alkyl carbamates (subject to hydrolysis) is 1. The molecule has 0 spiro atoms. The summed E-state index contributed by atoms with van der Waals surface area (Å²) in [7, 11) is 0. The van der Waals surface area contributed by atoms with Gasteiger partial charge in [-0.15, -0.1) is 0 Å². The number of amides is 2. The van der Waals surface area contributed by atoms with Crippen LogP contribution in [0, 0.1) is 5.92 Å². The largest absolute Gasteiger partial charge is 0.481 e. The third-order valence-electron chi connectivity index (χ3n) is 6.29. The highest BCUT2D eigenvalue weighted by atomic mass is 16.5. The van der Waals surface area contributed by atoms with E-state index in [1.165, 1.54) is 11.1 Å². The van der Waals surface area contributed by atoms with Crippen LogP contribution in [0.3, 0.4) is 0 Å². The van der Waals surface area contributed by atoms with Crippen LogP contribution in [0.15, 0.2) is 48.5 Å². The van der Waals surface area contributed by atoms with E-state index in [4.69, 9.17) is 9.84 Å². The molecule has 2 atom stereocenters. The van der Waals surface area contributed by atoms with Crippen molar-refractivity contribution in [3.8, 4) is 11.1 Å². The minimum Gasteiger partial charge on any atom is -0.481 e. The molecule has 4 rings (SSSR count). The van der Waals surface area contributed by atoms with Crippen LogP contribution in [-0.4, -0.2) is 53.7 Å². The van der Waals surface area contributed by atoms with Crippen molar-refractivity contribution in [2.45, 2.75) is 38.1 Å². The molecular formula is C25H28N2O5. The standard InChI is InChI=1S/C25H28N2O5/c1-16(12-23(28)27-11-10-17(14-27)13-24(29)30)26-25(31)32-15-22-20-8-4-2-6-18(20)19-7-3-5-9-21(19)22/h2-9,16-17,22H,10-15H2,1H3,(H,26,31)(H,29,30). The number of likely N-dealkylation sites (tertiary alicyclic amines) is 1. The molecule has 2 amide bonds. The summed E-state index contributed by atoms with van der Waals surface area (Å²) in [6.07, 6.45) is 0.394. The minimum atomic E-state index is -0.838. The Balaban J connectivity index is 1.27. The number of carbonyl (C=O) groups is 3. The second-order valence-corrected chi connectivity index (χ2v) is 8.67. The van der Waals surface area contributed by atoms with Crippen molar-refractivity contribution in [3.63, 3.8) is 0 Å². The van der Waals surface area contributed by atoms with Gasteiger partial charge in [-0.2, -0.15) is 0 Å².